The minimum absolute atomic E-state index is 0.190. The number of carbonyl (C=O) groups is 2. The molecule has 0 spiro atoms. The lowest BCUT2D eigenvalue weighted by Gasteiger charge is -2.13. The van der Waals surface area contributed by atoms with Gasteiger partial charge in [-0.2, -0.15) is 0 Å². The Labute approximate surface area is 178 Å². The Kier molecular flexibility index (Phi) is 12.6. The van der Waals surface area contributed by atoms with Crippen LogP contribution >= 0.6 is 0 Å². The Balaban J connectivity index is 2.28. The molecule has 1 N–H and O–H groups in total. The standard InChI is InChI=1S/C26H42O3/c1-5-6-7-8-9-10-11-12-15-23(26(28)29)16-13-14-17-24(27)25-21(3)18-20(2)19-22(25)4/h18-19,23H,5-17H2,1-4H3,(H,28,29). The van der Waals surface area contributed by atoms with Crippen LogP contribution in [-0.2, 0) is 4.79 Å². The second-order valence-electron chi connectivity index (χ2n) is 8.74. The van der Waals surface area contributed by atoms with E-state index >= 15 is 0 Å². The highest BCUT2D eigenvalue weighted by atomic mass is 16.4. The normalized spacial score (nSPS) is 12.1. The largest absolute Gasteiger partial charge is 0.481 e. The predicted octanol–water partition coefficient (Wildman–Crippen LogP) is 7.59. The molecule has 1 aromatic carbocycles. The fourth-order valence-corrected chi connectivity index (χ4v) is 4.34. The van der Waals surface area contributed by atoms with Gasteiger partial charge >= 0.3 is 5.97 Å². The van der Waals surface area contributed by atoms with Crippen LogP contribution < -0.4 is 0 Å². The zero-order chi connectivity index (χ0) is 21.6. The maximum atomic E-state index is 12.6. The molecule has 0 aliphatic heterocycles. The molecule has 164 valence electrons. The summed E-state index contributed by atoms with van der Waals surface area (Å²) in [5.41, 5.74) is 4.13. The van der Waals surface area contributed by atoms with Crippen LogP contribution in [0.5, 0.6) is 0 Å². The van der Waals surface area contributed by atoms with Crippen LogP contribution in [0.15, 0.2) is 12.1 Å². The third kappa shape index (κ3) is 10.1. The lowest BCUT2D eigenvalue weighted by Crippen LogP contribution is -2.14. The van der Waals surface area contributed by atoms with E-state index < -0.39 is 5.97 Å². The molecule has 0 amide bonds. The highest BCUT2D eigenvalue weighted by Gasteiger charge is 2.17. The summed E-state index contributed by atoms with van der Waals surface area (Å²) < 4.78 is 0. The third-order valence-corrected chi connectivity index (χ3v) is 5.92. The molecule has 0 aliphatic rings. The number of rotatable bonds is 16. The number of Topliss-reactive ketones (excluding diaryl/α,β-unsaturated/α-hetero) is 1. The topological polar surface area (TPSA) is 54.4 Å². The van der Waals surface area contributed by atoms with Crippen LogP contribution in [-0.4, -0.2) is 16.9 Å². The molecule has 0 bridgehead atoms. The number of benzene rings is 1. The summed E-state index contributed by atoms with van der Waals surface area (Å²) in [6, 6.07) is 4.12. The first-order chi connectivity index (χ1) is 13.9. The summed E-state index contributed by atoms with van der Waals surface area (Å²) in [5, 5.41) is 9.49. The van der Waals surface area contributed by atoms with Crippen molar-refractivity contribution in [1.82, 2.24) is 0 Å². The zero-order valence-electron chi connectivity index (χ0n) is 19.2. The van der Waals surface area contributed by atoms with Crippen LogP contribution in [0, 0.1) is 26.7 Å². The van der Waals surface area contributed by atoms with E-state index in [-0.39, 0.29) is 11.7 Å². The molecular formula is C26H42O3. The smallest absolute Gasteiger partial charge is 0.306 e. The minimum atomic E-state index is -0.676. The van der Waals surface area contributed by atoms with Gasteiger partial charge in [0.15, 0.2) is 5.78 Å². The van der Waals surface area contributed by atoms with Gasteiger partial charge in [-0.05, 0) is 51.2 Å². The average molecular weight is 403 g/mol. The van der Waals surface area contributed by atoms with Crippen molar-refractivity contribution in [1.29, 1.82) is 0 Å². The highest BCUT2D eigenvalue weighted by molar-refractivity contribution is 5.98. The summed E-state index contributed by atoms with van der Waals surface area (Å²) in [7, 11) is 0. The van der Waals surface area contributed by atoms with Gasteiger partial charge in [-0.1, -0.05) is 82.4 Å². The number of carboxylic acids is 1. The van der Waals surface area contributed by atoms with E-state index in [1.165, 1.54) is 44.1 Å². The fourth-order valence-electron chi connectivity index (χ4n) is 4.34. The molecule has 1 rings (SSSR count). The zero-order valence-corrected chi connectivity index (χ0v) is 19.2. The van der Waals surface area contributed by atoms with Crippen molar-refractivity contribution in [3.63, 3.8) is 0 Å². The number of hydrogen-bond acceptors (Lipinski definition) is 2. The van der Waals surface area contributed by atoms with Gasteiger partial charge in [-0.25, -0.2) is 0 Å². The van der Waals surface area contributed by atoms with Crippen LogP contribution in [0.1, 0.15) is 117 Å². The molecule has 1 aromatic rings. The van der Waals surface area contributed by atoms with Crippen molar-refractivity contribution < 1.29 is 14.7 Å². The number of hydrogen-bond donors (Lipinski definition) is 1. The van der Waals surface area contributed by atoms with E-state index in [9.17, 15) is 14.7 Å². The van der Waals surface area contributed by atoms with Gasteiger partial charge in [-0.15, -0.1) is 0 Å². The van der Waals surface area contributed by atoms with Crippen LogP contribution in [0.3, 0.4) is 0 Å². The maximum absolute atomic E-state index is 12.6. The van der Waals surface area contributed by atoms with E-state index in [0.29, 0.717) is 12.8 Å². The summed E-state index contributed by atoms with van der Waals surface area (Å²) in [5.74, 6) is -0.743. The number of carbonyl (C=O) groups excluding carboxylic acids is 1. The number of aryl methyl sites for hydroxylation is 3. The minimum Gasteiger partial charge on any atom is -0.481 e. The van der Waals surface area contributed by atoms with Gasteiger partial charge in [0, 0.05) is 12.0 Å². The third-order valence-electron chi connectivity index (χ3n) is 5.92. The summed E-state index contributed by atoms with van der Waals surface area (Å²) >= 11 is 0. The van der Waals surface area contributed by atoms with Crippen molar-refractivity contribution in [2.24, 2.45) is 5.92 Å². The first kappa shape index (κ1) is 25.4. The number of aliphatic carboxylic acids is 1. The molecule has 0 aromatic heterocycles. The van der Waals surface area contributed by atoms with E-state index in [2.05, 4.69) is 19.1 Å². The maximum Gasteiger partial charge on any atom is 0.306 e. The first-order valence-corrected chi connectivity index (χ1v) is 11.7. The van der Waals surface area contributed by atoms with E-state index in [4.69, 9.17) is 0 Å². The fraction of sp³-hybridized carbons (Fsp3) is 0.692. The Morgan fingerprint density at radius 1 is 0.793 bits per heavy atom. The molecule has 1 atom stereocenters. The molecule has 0 saturated heterocycles. The molecule has 1 unspecified atom stereocenters. The summed E-state index contributed by atoms with van der Waals surface area (Å²) in [6.45, 7) is 8.27. The Morgan fingerprint density at radius 3 is 1.79 bits per heavy atom. The molecular weight excluding hydrogens is 360 g/mol. The first-order valence-electron chi connectivity index (χ1n) is 11.7. The lowest BCUT2D eigenvalue weighted by atomic mass is 9.92. The van der Waals surface area contributed by atoms with Gasteiger partial charge in [0.25, 0.3) is 0 Å². The summed E-state index contributed by atoms with van der Waals surface area (Å²) in [6.07, 6.45) is 13.4. The second kappa shape index (κ2) is 14.4. The molecule has 29 heavy (non-hydrogen) atoms. The van der Waals surface area contributed by atoms with E-state index in [1.54, 1.807) is 0 Å². The number of ketones is 1. The predicted molar refractivity (Wildman–Crippen MR) is 122 cm³/mol. The van der Waals surface area contributed by atoms with Crippen LogP contribution in [0.4, 0.5) is 0 Å². The quantitative estimate of drug-likeness (QED) is 0.229. The lowest BCUT2D eigenvalue weighted by molar-refractivity contribution is -0.142. The van der Waals surface area contributed by atoms with Crippen molar-refractivity contribution in [2.45, 2.75) is 111 Å². The van der Waals surface area contributed by atoms with Gasteiger partial charge < -0.3 is 5.11 Å². The van der Waals surface area contributed by atoms with Crippen molar-refractivity contribution >= 4 is 11.8 Å². The van der Waals surface area contributed by atoms with Crippen molar-refractivity contribution in [2.75, 3.05) is 0 Å². The Hall–Kier alpha value is -1.64. The molecule has 0 radical (unpaired) electrons. The van der Waals surface area contributed by atoms with Gasteiger partial charge in [0.1, 0.15) is 0 Å². The molecule has 0 saturated carbocycles. The average Bonchev–Trinajstić information content (AvgIpc) is 2.64. The molecule has 0 heterocycles. The Bertz CT molecular complexity index is 610. The van der Waals surface area contributed by atoms with Crippen molar-refractivity contribution in [3.8, 4) is 0 Å². The number of unbranched alkanes of at least 4 members (excludes halogenated alkanes) is 8. The van der Waals surface area contributed by atoms with Crippen LogP contribution in [0.25, 0.3) is 0 Å². The van der Waals surface area contributed by atoms with Gasteiger partial charge in [0.2, 0.25) is 0 Å². The molecule has 3 nitrogen and oxygen atoms in total. The van der Waals surface area contributed by atoms with E-state index in [0.717, 1.165) is 48.8 Å². The SMILES string of the molecule is CCCCCCCCCCC(CCCCC(=O)c1c(C)cc(C)cc1C)C(=O)O. The monoisotopic (exact) mass is 402 g/mol. The van der Waals surface area contributed by atoms with Gasteiger partial charge in [0.05, 0.1) is 5.92 Å². The molecule has 0 aliphatic carbocycles. The second-order valence-corrected chi connectivity index (χ2v) is 8.74. The van der Waals surface area contributed by atoms with Gasteiger partial charge in [-0.3, -0.25) is 9.59 Å². The van der Waals surface area contributed by atoms with E-state index in [1.807, 2.05) is 20.8 Å². The summed E-state index contributed by atoms with van der Waals surface area (Å²) in [4.78, 5) is 24.1. The molecule has 3 heteroatoms. The highest BCUT2D eigenvalue weighted by Crippen LogP contribution is 2.22. The Morgan fingerprint density at radius 2 is 1.28 bits per heavy atom. The van der Waals surface area contributed by atoms with Crippen LogP contribution in [0.2, 0.25) is 0 Å². The van der Waals surface area contributed by atoms with Crippen molar-refractivity contribution in [3.05, 3.63) is 34.4 Å². The molecule has 0 fully saturated rings. The number of carboxylic acid groups (broad SMARTS) is 1.